The molecule has 1 amide bonds. The number of hydrogen-bond donors (Lipinski definition) is 1. The van der Waals surface area contributed by atoms with Crippen molar-refractivity contribution in [1.82, 2.24) is 20.5 Å². The molecule has 0 spiro atoms. The van der Waals surface area contributed by atoms with E-state index in [1.54, 1.807) is 18.5 Å². The van der Waals surface area contributed by atoms with Crippen molar-refractivity contribution in [3.63, 3.8) is 0 Å². The van der Waals surface area contributed by atoms with Gasteiger partial charge < -0.3 is 10.2 Å². The lowest BCUT2D eigenvalue weighted by Crippen LogP contribution is -2.27. The molecule has 0 radical (unpaired) electrons. The number of aromatic nitrogens is 3. The first-order chi connectivity index (χ1) is 13.7. The molecule has 28 heavy (non-hydrogen) atoms. The largest absolute Gasteiger partial charge is 0.358 e. The van der Waals surface area contributed by atoms with Crippen LogP contribution in [0.15, 0.2) is 67.0 Å². The first kappa shape index (κ1) is 19.5. The Morgan fingerprint density at radius 3 is 2.39 bits per heavy atom. The highest BCUT2D eigenvalue weighted by Gasteiger charge is 2.09. The maximum Gasteiger partial charge on any atom is 0.271 e. The van der Waals surface area contributed by atoms with Gasteiger partial charge in [-0.15, -0.1) is 10.2 Å². The molecule has 0 bridgehead atoms. The van der Waals surface area contributed by atoms with Crippen LogP contribution in [0.3, 0.4) is 0 Å². The van der Waals surface area contributed by atoms with Crippen molar-refractivity contribution in [2.24, 2.45) is 0 Å². The van der Waals surface area contributed by atoms with Crippen molar-refractivity contribution in [2.45, 2.75) is 19.3 Å². The molecule has 0 fully saturated rings. The number of carbonyl (C=O) groups excluding carboxylic acids is 1. The van der Waals surface area contributed by atoms with Gasteiger partial charge in [0.25, 0.3) is 5.91 Å². The molecule has 2 heterocycles. The predicted octanol–water partition coefficient (Wildman–Crippen LogP) is 2.91. The number of amides is 1. The van der Waals surface area contributed by atoms with Crippen molar-refractivity contribution in [2.75, 3.05) is 25.0 Å². The summed E-state index contributed by atoms with van der Waals surface area (Å²) in [7, 11) is 1.97. The van der Waals surface area contributed by atoms with Crippen molar-refractivity contribution >= 4 is 11.7 Å². The number of pyridine rings is 1. The molecule has 0 saturated carbocycles. The van der Waals surface area contributed by atoms with E-state index in [2.05, 4.69) is 32.6 Å². The molecule has 1 N–H and O–H groups in total. The summed E-state index contributed by atoms with van der Waals surface area (Å²) < 4.78 is 0. The van der Waals surface area contributed by atoms with Crippen LogP contribution in [0, 0.1) is 0 Å². The quantitative estimate of drug-likeness (QED) is 0.582. The molecule has 0 aliphatic rings. The average molecular weight is 375 g/mol. The Balaban J connectivity index is 1.43. The molecular formula is C22H25N5O. The maximum absolute atomic E-state index is 12.2. The molecule has 3 aromatic rings. The lowest BCUT2D eigenvalue weighted by molar-refractivity contribution is 0.0947. The number of rotatable bonds is 9. The summed E-state index contributed by atoms with van der Waals surface area (Å²) in [5.74, 6) is 0.557. The molecule has 144 valence electrons. The fourth-order valence-corrected chi connectivity index (χ4v) is 2.84. The smallest absolute Gasteiger partial charge is 0.271 e. The van der Waals surface area contributed by atoms with Gasteiger partial charge in [0.1, 0.15) is 0 Å². The van der Waals surface area contributed by atoms with Crippen molar-refractivity contribution in [1.29, 1.82) is 0 Å². The Morgan fingerprint density at radius 2 is 1.68 bits per heavy atom. The zero-order chi connectivity index (χ0) is 19.6. The third-order valence-electron chi connectivity index (χ3n) is 4.53. The van der Waals surface area contributed by atoms with Crippen LogP contribution in [-0.4, -0.2) is 41.2 Å². The van der Waals surface area contributed by atoms with E-state index in [1.807, 2.05) is 48.3 Å². The Labute approximate surface area is 165 Å². The molecule has 0 aliphatic heterocycles. The van der Waals surface area contributed by atoms with E-state index < -0.39 is 0 Å². The normalized spacial score (nSPS) is 10.5. The third-order valence-corrected chi connectivity index (χ3v) is 4.53. The van der Waals surface area contributed by atoms with Crippen LogP contribution in [0.2, 0.25) is 0 Å². The van der Waals surface area contributed by atoms with Gasteiger partial charge in [0.05, 0.1) is 0 Å². The van der Waals surface area contributed by atoms with Crippen LogP contribution in [0.5, 0.6) is 0 Å². The number of nitrogens with one attached hydrogen (secondary N) is 1. The Hall–Kier alpha value is -3.28. The van der Waals surface area contributed by atoms with E-state index in [9.17, 15) is 4.79 Å². The zero-order valence-electron chi connectivity index (χ0n) is 16.1. The molecule has 1 aromatic carbocycles. The van der Waals surface area contributed by atoms with Gasteiger partial charge in [-0.05, 0) is 54.7 Å². The number of aryl methyl sites for hydroxylation is 1. The van der Waals surface area contributed by atoms with Crippen LogP contribution in [0.4, 0.5) is 5.82 Å². The summed E-state index contributed by atoms with van der Waals surface area (Å²) in [5.41, 5.74) is 2.84. The number of likely N-dealkylation sites (N-methyl/N-ethyl adjacent to an activating group) is 1. The van der Waals surface area contributed by atoms with Gasteiger partial charge in [-0.2, -0.15) is 0 Å². The van der Waals surface area contributed by atoms with Crippen molar-refractivity contribution < 1.29 is 4.79 Å². The lowest BCUT2D eigenvalue weighted by Gasteiger charge is -2.17. The van der Waals surface area contributed by atoms with Crippen LogP contribution in [0.1, 0.15) is 28.0 Å². The minimum Gasteiger partial charge on any atom is -0.358 e. The Kier molecular flexibility index (Phi) is 7.07. The standard InChI is InChI=1S/C22H25N5O/c1-27(17-13-19-11-15-23-16-12-19)21-10-9-20(25-26-21)22(28)24-14-5-8-18-6-3-2-4-7-18/h2-4,6-7,9-12,15-16H,5,8,13-14,17H2,1H3,(H,24,28). The second kappa shape index (κ2) is 10.2. The minimum absolute atomic E-state index is 0.188. The highest BCUT2D eigenvalue weighted by atomic mass is 16.1. The summed E-state index contributed by atoms with van der Waals surface area (Å²) in [4.78, 5) is 18.3. The van der Waals surface area contributed by atoms with E-state index >= 15 is 0 Å². The van der Waals surface area contributed by atoms with Gasteiger partial charge >= 0.3 is 0 Å². The predicted molar refractivity (Wildman–Crippen MR) is 110 cm³/mol. The number of nitrogens with zero attached hydrogens (tertiary/aromatic N) is 4. The van der Waals surface area contributed by atoms with Gasteiger partial charge in [-0.3, -0.25) is 9.78 Å². The number of anilines is 1. The van der Waals surface area contributed by atoms with Crippen LogP contribution in [-0.2, 0) is 12.8 Å². The second-order valence-electron chi connectivity index (χ2n) is 6.65. The first-order valence-corrected chi connectivity index (χ1v) is 9.48. The highest BCUT2D eigenvalue weighted by Crippen LogP contribution is 2.09. The van der Waals surface area contributed by atoms with Crippen molar-refractivity contribution in [3.8, 4) is 0 Å². The van der Waals surface area contributed by atoms with E-state index in [0.717, 1.165) is 31.6 Å². The first-order valence-electron chi connectivity index (χ1n) is 9.48. The minimum atomic E-state index is -0.188. The second-order valence-corrected chi connectivity index (χ2v) is 6.65. The van der Waals surface area contributed by atoms with Gasteiger partial charge in [-0.25, -0.2) is 0 Å². The van der Waals surface area contributed by atoms with E-state index in [-0.39, 0.29) is 5.91 Å². The number of carbonyl (C=O) groups is 1. The van der Waals surface area contributed by atoms with Gasteiger partial charge in [-0.1, -0.05) is 30.3 Å². The van der Waals surface area contributed by atoms with Gasteiger partial charge in [0, 0.05) is 32.5 Å². The van der Waals surface area contributed by atoms with Gasteiger partial charge in [0.2, 0.25) is 0 Å². The Bertz CT molecular complexity index is 853. The maximum atomic E-state index is 12.2. The summed E-state index contributed by atoms with van der Waals surface area (Å²) in [6.45, 7) is 1.42. The average Bonchev–Trinajstić information content (AvgIpc) is 2.76. The summed E-state index contributed by atoms with van der Waals surface area (Å²) in [5, 5.41) is 11.2. The summed E-state index contributed by atoms with van der Waals surface area (Å²) in [6, 6.07) is 17.8. The Morgan fingerprint density at radius 1 is 0.929 bits per heavy atom. The molecular weight excluding hydrogens is 350 g/mol. The highest BCUT2D eigenvalue weighted by molar-refractivity contribution is 5.92. The molecule has 3 rings (SSSR count). The third kappa shape index (κ3) is 5.87. The molecule has 2 aromatic heterocycles. The fourth-order valence-electron chi connectivity index (χ4n) is 2.84. The SMILES string of the molecule is CN(CCc1ccncc1)c1ccc(C(=O)NCCCc2ccccc2)nn1. The van der Waals surface area contributed by atoms with Crippen LogP contribution >= 0.6 is 0 Å². The van der Waals surface area contributed by atoms with Crippen LogP contribution in [0.25, 0.3) is 0 Å². The van der Waals surface area contributed by atoms with E-state index in [4.69, 9.17) is 0 Å². The molecule has 0 unspecified atom stereocenters. The fraction of sp³-hybridized carbons (Fsp3) is 0.273. The molecule has 6 heteroatoms. The van der Waals surface area contributed by atoms with Crippen molar-refractivity contribution in [3.05, 3.63) is 83.8 Å². The summed E-state index contributed by atoms with van der Waals surface area (Å²) in [6.07, 6.45) is 6.31. The molecule has 0 atom stereocenters. The molecule has 6 nitrogen and oxygen atoms in total. The summed E-state index contributed by atoms with van der Waals surface area (Å²) >= 11 is 0. The topological polar surface area (TPSA) is 71.0 Å². The van der Waals surface area contributed by atoms with Crippen LogP contribution < -0.4 is 10.2 Å². The molecule has 0 aliphatic carbocycles. The number of hydrogen-bond acceptors (Lipinski definition) is 5. The van der Waals surface area contributed by atoms with E-state index in [1.165, 1.54) is 11.1 Å². The monoisotopic (exact) mass is 375 g/mol. The number of benzene rings is 1. The molecule has 0 saturated heterocycles. The lowest BCUT2D eigenvalue weighted by atomic mass is 10.1. The zero-order valence-corrected chi connectivity index (χ0v) is 16.1. The van der Waals surface area contributed by atoms with Gasteiger partial charge in [0.15, 0.2) is 11.5 Å². The van der Waals surface area contributed by atoms with E-state index in [0.29, 0.717) is 12.2 Å².